The maximum absolute atomic E-state index is 10.8. The van der Waals surface area contributed by atoms with Crippen LogP contribution in [0.5, 0.6) is 5.75 Å². The zero-order chi connectivity index (χ0) is 15.8. The van der Waals surface area contributed by atoms with Gasteiger partial charge in [-0.15, -0.1) is 0 Å². The lowest BCUT2D eigenvalue weighted by Gasteiger charge is -2.09. The van der Waals surface area contributed by atoms with Crippen LogP contribution in [0, 0.1) is 0 Å². The summed E-state index contributed by atoms with van der Waals surface area (Å²) in [5, 5.41) is 12.1. The lowest BCUT2D eigenvalue weighted by Crippen LogP contribution is -2.08. The smallest absolute Gasteiger partial charge is 0.335 e. The molecule has 0 amide bonds. The number of hydrogen-bond acceptors (Lipinski definition) is 4. The average molecular weight is 300 g/mol. The highest BCUT2D eigenvalue weighted by Crippen LogP contribution is 2.17. The maximum atomic E-state index is 10.8. The van der Waals surface area contributed by atoms with Gasteiger partial charge in [-0.1, -0.05) is 12.1 Å². The Morgan fingerprint density at radius 3 is 2.36 bits per heavy atom. The molecule has 2 aromatic carbocycles. The minimum atomic E-state index is -0.926. The Bertz CT molecular complexity index is 594. The van der Waals surface area contributed by atoms with E-state index >= 15 is 0 Å². The van der Waals surface area contributed by atoms with Crippen molar-refractivity contribution in [3.8, 4) is 5.75 Å². The molecule has 0 fully saturated rings. The minimum Gasteiger partial charge on any atom is -0.489 e. The van der Waals surface area contributed by atoms with E-state index in [9.17, 15) is 4.79 Å². The van der Waals surface area contributed by atoms with Gasteiger partial charge in [-0.3, -0.25) is 0 Å². The van der Waals surface area contributed by atoms with E-state index in [1.165, 1.54) is 0 Å². The van der Waals surface area contributed by atoms with Gasteiger partial charge in [0, 0.05) is 12.2 Å². The van der Waals surface area contributed by atoms with Crippen LogP contribution in [0.1, 0.15) is 22.3 Å². The summed E-state index contributed by atoms with van der Waals surface area (Å²) in [5.74, 6) is -0.156. The highest BCUT2D eigenvalue weighted by Gasteiger charge is 2.02. The van der Waals surface area contributed by atoms with Crippen LogP contribution in [-0.4, -0.2) is 24.2 Å². The van der Waals surface area contributed by atoms with E-state index in [-0.39, 0.29) is 5.56 Å². The second-order valence-electron chi connectivity index (χ2n) is 4.88. The van der Waals surface area contributed by atoms with Crippen molar-refractivity contribution in [2.24, 2.45) is 5.73 Å². The molecule has 2 rings (SSSR count). The van der Waals surface area contributed by atoms with Crippen LogP contribution < -0.4 is 15.8 Å². The van der Waals surface area contributed by atoms with Gasteiger partial charge in [-0.25, -0.2) is 4.79 Å². The van der Waals surface area contributed by atoms with Gasteiger partial charge in [0.15, 0.2) is 0 Å². The van der Waals surface area contributed by atoms with Gasteiger partial charge in [0.2, 0.25) is 0 Å². The molecule has 116 valence electrons. The van der Waals surface area contributed by atoms with Crippen LogP contribution >= 0.6 is 0 Å². The van der Waals surface area contributed by atoms with Gasteiger partial charge in [-0.2, -0.15) is 0 Å². The Morgan fingerprint density at radius 1 is 1.09 bits per heavy atom. The summed E-state index contributed by atoms with van der Waals surface area (Å²) in [6.45, 7) is 1.93. The summed E-state index contributed by atoms with van der Waals surface area (Å²) in [7, 11) is 0. The Morgan fingerprint density at radius 2 is 1.77 bits per heavy atom. The topological polar surface area (TPSA) is 84.6 Å². The molecule has 0 aliphatic rings. The minimum absolute atomic E-state index is 0.275. The zero-order valence-corrected chi connectivity index (χ0v) is 12.3. The summed E-state index contributed by atoms with van der Waals surface area (Å²) in [5.41, 5.74) is 7.68. The third-order valence-corrected chi connectivity index (χ3v) is 3.17. The van der Waals surface area contributed by atoms with Gasteiger partial charge in [-0.05, 0) is 54.9 Å². The van der Waals surface area contributed by atoms with Crippen molar-refractivity contribution < 1.29 is 14.6 Å². The molecule has 0 unspecified atom stereocenters. The van der Waals surface area contributed by atoms with Crippen molar-refractivity contribution in [3.63, 3.8) is 0 Å². The third kappa shape index (κ3) is 4.79. The molecule has 0 aromatic heterocycles. The van der Waals surface area contributed by atoms with Crippen molar-refractivity contribution in [2.45, 2.75) is 13.0 Å². The molecule has 0 radical (unpaired) electrons. The number of carbonyl (C=O) groups is 1. The predicted octanol–water partition coefficient (Wildman–Crippen LogP) is 2.72. The molecule has 0 spiro atoms. The van der Waals surface area contributed by atoms with Gasteiger partial charge in [0.05, 0.1) is 5.56 Å². The zero-order valence-electron chi connectivity index (χ0n) is 12.3. The van der Waals surface area contributed by atoms with Crippen LogP contribution in [0.25, 0.3) is 0 Å². The fraction of sp³-hybridized carbons (Fsp3) is 0.235. The number of rotatable bonds is 8. The van der Waals surface area contributed by atoms with Crippen LogP contribution in [-0.2, 0) is 6.61 Å². The van der Waals surface area contributed by atoms with Crippen molar-refractivity contribution in [3.05, 3.63) is 59.7 Å². The molecule has 0 aliphatic heterocycles. The van der Waals surface area contributed by atoms with E-state index in [0.717, 1.165) is 30.0 Å². The number of carboxylic acid groups (broad SMARTS) is 1. The largest absolute Gasteiger partial charge is 0.489 e. The number of aromatic carboxylic acids is 1. The highest BCUT2D eigenvalue weighted by molar-refractivity contribution is 5.87. The first-order chi connectivity index (χ1) is 10.7. The SMILES string of the molecule is NCCCNc1ccc(OCc2ccc(C(=O)O)cc2)cc1. The Labute approximate surface area is 129 Å². The lowest BCUT2D eigenvalue weighted by molar-refractivity contribution is 0.0697. The van der Waals surface area contributed by atoms with Gasteiger partial charge in [0.25, 0.3) is 0 Å². The Hall–Kier alpha value is -2.53. The molecule has 5 heteroatoms. The summed E-state index contributed by atoms with van der Waals surface area (Å²) in [6.07, 6.45) is 0.935. The van der Waals surface area contributed by atoms with E-state index in [4.69, 9.17) is 15.6 Å². The molecule has 22 heavy (non-hydrogen) atoms. The van der Waals surface area contributed by atoms with Crippen molar-refractivity contribution in [1.29, 1.82) is 0 Å². The number of anilines is 1. The molecular formula is C17H20N2O3. The molecule has 5 nitrogen and oxygen atoms in total. The fourth-order valence-electron chi connectivity index (χ4n) is 1.91. The van der Waals surface area contributed by atoms with Gasteiger partial charge < -0.3 is 20.9 Å². The summed E-state index contributed by atoms with van der Waals surface area (Å²) < 4.78 is 5.68. The number of ether oxygens (including phenoxy) is 1. The van der Waals surface area contributed by atoms with Crippen molar-refractivity contribution in [1.82, 2.24) is 0 Å². The number of benzene rings is 2. The number of hydrogen-bond donors (Lipinski definition) is 3. The van der Waals surface area contributed by atoms with Crippen molar-refractivity contribution >= 4 is 11.7 Å². The van der Waals surface area contributed by atoms with Crippen LogP contribution in [0.15, 0.2) is 48.5 Å². The molecule has 0 saturated heterocycles. The molecule has 0 heterocycles. The molecule has 2 aromatic rings. The highest BCUT2D eigenvalue weighted by atomic mass is 16.5. The molecule has 0 aliphatic carbocycles. The van der Waals surface area contributed by atoms with Crippen LogP contribution in [0.3, 0.4) is 0 Å². The molecular weight excluding hydrogens is 280 g/mol. The molecule has 4 N–H and O–H groups in total. The summed E-state index contributed by atoms with van der Waals surface area (Å²) in [6, 6.07) is 14.4. The van der Waals surface area contributed by atoms with Crippen LogP contribution in [0.4, 0.5) is 5.69 Å². The fourth-order valence-corrected chi connectivity index (χ4v) is 1.91. The van der Waals surface area contributed by atoms with E-state index in [1.54, 1.807) is 24.3 Å². The lowest BCUT2D eigenvalue weighted by atomic mass is 10.1. The average Bonchev–Trinajstić information content (AvgIpc) is 2.55. The second kappa shape index (κ2) is 8.05. The first kappa shape index (κ1) is 15.9. The van der Waals surface area contributed by atoms with E-state index in [0.29, 0.717) is 13.2 Å². The maximum Gasteiger partial charge on any atom is 0.335 e. The normalized spacial score (nSPS) is 10.2. The standard InChI is InChI=1S/C17H20N2O3/c18-10-1-11-19-15-6-8-16(9-7-15)22-12-13-2-4-14(5-3-13)17(20)21/h2-9,19H,1,10-12,18H2,(H,20,21). The van der Waals surface area contributed by atoms with E-state index < -0.39 is 5.97 Å². The van der Waals surface area contributed by atoms with E-state index in [1.807, 2.05) is 24.3 Å². The van der Waals surface area contributed by atoms with Gasteiger partial charge in [0.1, 0.15) is 12.4 Å². The number of nitrogens with one attached hydrogen (secondary N) is 1. The van der Waals surface area contributed by atoms with Gasteiger partial charge >= 0.3 is 5.97 Å². The Kier molecular flexibility index (Phi) is 5.80. The third-order valence-electron chi connectivity index (χ3n) is 3.17. The molecule has 0 bridgehead atoms. The molecule has 0 atom stereocenters. The monoisotopic (exact) mass is 300 g/mol. The number of nitrogens with two attached hydrogens (primary N) is 1. The summed E-state index contributed by atoms with van der Waals surface area (Å²) in [4.78, 5) is 10.8. The summed E-state index contributed by atoms with van der Waals surface area (Å²) >= 11 is 0. The quantitative estimate of drug-likeness (QED) is 0.653. The Balaban J connectivity index is 1.84. The van der Waals surface area contributed by atoms with E-state index in [2.05, 4.69) is 5.32 Å². The first-order valence-corrected chi connectivity index (χ1v) is 7.18. The predicted molar refractivity (Wildman–Crippen MR) is 86.3 cm³/mol. The van der Waals surface area contributed by atoms with Crippen molar-refractivity contribution in [2.75, 3.05) is 18.4 Å². The first-order valence-electron chi connectivity index (χ1n) is 7.18. The van der Waals surface area contributed by atoms with Crippen LogP contribution in [0.2, 0.25) is 0 Å². The molecule has 0 saturated carbocycles. The second-order valence-corrected chi connectivity index (χ2v) is 4.88. The number of carboxylic acids is 1.